The maximum absolute atomic E-state index is 12.4. The summed E-state index contributed by atoms with van der Waals surface area (Å²) in [5, 5.41) is 3.84. The molecule has 2 aliphatic rings. The second kappa shape index (κ2) is 8.68. The van der Waals surface area contributed by atoms with Gasteiger partial charge in [-0.2, -0.15) is 11.3 Å². The minimum absolute atomic E-state index is 0.122. The van der Waals surface area contributed by atoms with Crippen LogP contribution in [0.3, 0.4) is 0 Å². The zero-order chi connectivity index (χ0) is 19.3. The summed E-state index contributed by atoms with van der Waals surface area (Å²) in [5.41, 5.74) is 0.781. The van der Waals surface area contributed by atoms with Crippen LogP contribution in [0, 0.1) is 11.8 Å². The van der Waals surface area contributed by atoms with Crippen LogP contribution in [0.5, 0.6) is 6.01 Å². The Morgan fingerprint density at radius 3 is 2.71 bits per heavy atom. The lowest BCUT2D eigenvalue weighted by molar-refractivity contribution is -0.128. The average Bonchev–Trinajstić information content (AvgIpc) is 3.38. The van der Waals surface area contributed by atoms with E-state index >= 15 is 0 Å². The van der Waals surface area contributed by atoms with E-state index in [1.165, 1.54) is 0 Å². The number of piperidine rings is 1. The minimum atomic E-state index is 0.122. The summed E-state index contributed by atoms with van der Waals surface area (Å²) >= 11 is 1.55. The maximum atomic E-state index is 12.4. The SMILES string of the molecule is O=C1CC(COc2ncccn2)CN1CC1CCN(C(=O)c2ccsc2)CC1. The summed E-state index contributed by atoms with van der Waals surface area (Å²) < 4.78 is 5.61. The van der Waals surface area contributed by atoms with Gasteiger partial charge in [-0.15, -0.1) is 0 Å². The molecule has 1 atom stereocenters. The van der Waals surface area contributed by atoms with E-state index in [1.54, 1.807) is 29.8 Å². The largest absolute Gasteiger partial charge is 0.463 e. The van der Waals surface area contributed by atoms with Gasteiger partial charge in [-0.05, 0) is 36.3 Å². The third kappa shape index (κ3) is 4.49. The van der Waals surface area contributed by atoms with Gasteiger partial charge in [0, 0.05) is 56.3 Å². The molecular weight excluding hydrogens is 376 g/mol. The highest BCUT2D eigenvalue weighted by atomic mass is 32.1. The molecule has 2 fully saturated rings. The van der Waals surface area contributed by atoms with Crippen molar-refractivity contribution in [2.24, 2.45) is 11.8 Å². The monoisotopic (exact) mass is 400 g/mol. The van der Waals surface area contributed by atoms with E-state index in [4.69, 9.17) is 4.74 Å². The maximum Gasteiger partial charge on any atom is 0.316 e. The molecule has 148 valence electrons. The fourth-order valence-corrected chi connectivity index (χ4v) is 4.52. The summed E-state index contributed by atoms with van der Waals surface area (Å²) in [7, 11) is 0. The fourth-order valence-electron chi connectivity index (χ4n) is 3.89. The summed E-state index contributed by atoms with van der Waals surface area (Å²) in [6, 6.07) is 3.98. The van der Waals surface area contributed by atoms with Gasteiger partial charge in [-0.25, -0.2) is 9.97 Å². The smallest absolute Gasteiger partial charge is 0.316 e. The molecule has 2 saturated heterocycles. The molecule has 1 unspecified atom stereocenters. The zero-order valence-corrected chi connectivity index (χ0v) is 16.5. The van der Waals surface area contributed by atoms with Crippen molar-refractivity contribution in [1.82, 2.24) is 19.8 Å². The number of hydrogen-bond acceptors (Lipinski definition) is 6. The van der Waals surface area contributed by atoms with Crippen LogP contribution in [0.25, 0.3) is 0 Å². The second-order valence-electron chi connectivity index (χ2n) is 7.46. The number of rotatable bonds is 6. The van der Waals surface area contributed by atoms with Crippen LogP contribution >= 0.6 is 11.3 Å². The molecule has 2 aromatic rings. The number of hydrogen-bond donors (Lipinski definition) is 0. The first-order valence-corrected chi connectivity index (χ1v) is 10.6. The molecule has 2 aliphatic heterocycles. The van der Waals surface area contributed by atoms with Gasteiger partial charge in [0.25, 0.3) is 5.91 Å². The lowest BCUT2D eigenvalue weighted by Crippen LogP contribution is -2.42. The molecule has 0 radical (unpaired) electrons. The molecule has 0 saturated carbocycles. The van der Waals surface area contributed by atoms with Crippen molar-refractivity contribution in [3.05, 3.63) is 40.8 Å². The number of aromatic nitrogens is 2. The first-order chi connectivity index (χ1) is 13.7. The van der Waals surface area contributed by atoms with Crippen LogP contribution in [0.4, 0.5) is 0 Å². The Hall–Kier alpha value is -2.48. The number of ether oxygens (including phenoxy) is 1. The van der Waals surface area contributed by atoms with Gasteiger partial charge in [-0.1, -0.05) is 0 Å². The quantitative estimate of drug-likeness (QED) is 0.744. The Bertz CT molecular complexity index is 791. The molecule has 2 amide bonds. The number of nitrogens with zero attached hydrogens (tertiary/aromatic N) is 4. The van der Waals surface area contributed by atoms with E-state index in [0.717, 1.165) is 44.6 Å². The number of amides is 2. The topological polar surface area (TPSA) is 75.6 Å². The number of thiophene rings is 1. The molecule has 0 spiro atoms. The Morgan fingerprint density at radius 1 is 1.21 bits per heavy atom. The van der Waals surface area contributed by atoms with Crippen LogP contribution in [-0.2, 0) is 4.79 Å². The normalized spacial score (nSPS) is 20.6. The van der Waals surface area contributed by atoms with Crippen LogP contribution in [0.15, 0.2) is 35.3 Å². The molecule has 4 rings (SSSR count). The molecule has 0 aliphatic carbocycles. The first-order valence-electron chi connectivity index (χ1n) is 9.68. The number of carbonyl (C=O) groups is 2. The molecule has 7 nitrogen and oxygen atoms in total. The van der Waals surface area contributed by atoms with Crippen molar-refractivity contribution >= 4 is 23.2 Å². The van der Waals surface area contributed by atoms with Crippen molar-refractivity contribution in [3.8, 4) is 6.01 Å². The summed E-state index contributed by atoms with van der Waals surface area (Å²) in [6.45, 7) is 3.48. The molecule has 28 heavy (non-hydrogen) atoms. The molecule has 0 N–H and O–H groups in total. The van der Waals surface area contributed by atoms with E-state index in [9.17, 15) is 9.59 Å². The van der Waals surface area contributed by atoms with Crippen LogP contribution in [-0.4, -0.2) is 64.4 Å². The van der Waals surface area contributed by atoms with Gasteiger partial charge in [0.15, 0.2) is 0 Å². The summed E-state index contributed by atoms with van der Waals surface area (Å²) in [4.78, 5) is 36.8. The highest BCUT2D eigenvalue weighted by molar-refractivity contribution is 7.08. The highest BCUT2D eigenvalue weighted by Crippen LogP contribution is 2.25. The van der Waals surface area contributed by atoms with Gasteiger partial charge in [-0.3, -0.25) is 9.59 Å². The van der Waals surface area contributed by atoms with E-state index in [-0.39, 0.29) is 17.7 Å². The lowest BCUT2D eigenvalue weighted by atomic mass is 9.96. The lowest BCUT2D eigenvalue weighted by Gasteiger charge is -2.33. The van der Waals surface area contributed by atoms with E-state index < -0.39 is 0 Å². The third-order valence-corrected chi connectivity index (χ3v) is 6.12. The standard InChI is InChI=1S/C20H24N4O3S/c25-18-10-16(13-27-20-21-5-1-6-22-20)12-24(18)11-15-2-7-23(8-3-15)19(26)17-4-9-28-14-17/h1,4-6,9,14-16H,2-3,7-8,10-13H2. The van der Waals surface area contributed by atoms with Crippen LogP contribution in [0.2, 0.25) is 0 Å². The van der Waals surface area contributed by atoms with Crippen molar-refractivity contribution in [2.45, 2.75) is 19.3 Å². The molecule has 2 aromatic heterocycles. The first kappa shape index (κ1) is 18.9. The van der Waals surface area contributed by atoms with Gasteiger partial charge in [0.1, 0.15) is 0 Å². The van der Waals surface area contributed by atoms with Gasteiger partial charge < -0.3 is 14.5 Å². The Balaban J connectivity index is 1.22. The molecule has 4 heterocycles. The van der Waals surface area contributed by atoms with E-state index in [0.29, 0.717) is 25.0 Å². The Labute approximate surface area is 168 Å². The Morgan fingerprint density at radius 2 is 2.00 bits per heavy atom. The van der Waals surface area contributed by atoms with Crippen molar-refractivity contribution in [3.63, 3.8) is 0 Å². The van der Waals surface area contributed by atoms with E-state index in [1.807, 2.05) is 26.6 Å². The van der Waals surface area contributed by atoms with Crippen LogP contribution in [0.1, 0.15) is 29.6 Å². The summed E-state index contributed by atoms with van der Waals surface area (Å²) in [6.07, 6.45) is 5.69. The third-order valence-electron chi connectivity index (χ3n) is 5.43. The number of likely N-dealkylation sites (tertiary alicyclic amines) is 2. The average molecular weight is 401 g/mol. The molecule has 8 heteroatoms. The van der Waals surface area contributed by atoms with E-state index in [2.05, 4.69) is 9.97 Å². The minimum Gasteiger partial charge on any atom is -0.463 e. The van der Waals surface area contributed by atoms with Crippen LogP contribution < -0.4 is 4.74 Å². The molecular formula is C20H24N4O3S. The molecule has 0 aromatic carbocycles. The predicted molar refractivity (Wildman–Crippen MR) is 105 cm³/mol. The number of carbonyl (C=O) groups excluding carboxylic acids is 2. The van der Waals surface area contributed by atoms with Crippen molar-refractivity contribution < 1.29 is 14.3 Å². The highest BCUT2D eigenvalue weighted by Gasteiger charge is 2.33. The van der Waals surface area contributed by atoms with Crippen molar-refractivity contribution in [1.29, 1.82) is 0 Å². The van der Waals surface area contributed by atoms with Gasteiger partial charge >= 0.3 is 6.01 Å². The molecule has 0 bridgehead atoms. The second-order valence-corrected chi connectivity index (χ2v) is 8.24. The summed E-state index contributed by atoms with van der Waals surface area (Å²) in [5.74, 6) is 0.945. The van der Waals surface area contributed by atoms with Gasteiger partial charge in [0.2, 0.25) is 5.91 Å². The predicted octanol–water partition coefficient (Wildman–Crippen LogP) is 2.32. The zero-order valence-electron chi connectivity index (χ0n) is 15.7. The van der Waals surface area contributed by atoms with Crippen molar-refractivity contribution in [2.75, 3.05) is 32.8 Å². The van der Waals surface area contributed by atoms with Gasteiger partial charge in [0.05, 0.1) is 12.2 Å². The fraction of sp³-hybridized carbons (Fsp3) is 0.500. The Kier molecular flexibility index (Phi) is 5.85.